The Bertz CT molecular complexity index is 633. The van der Waals surface area contributed by atoms with Gasteiger partial charge >= 0.3 is 12.1 Å². The number of piperidine rings is 1. The molecule has 0 aromatic heterocycles. The molecule has 3 N–H and O–H groups in total. The van der Waals surface area contributed by atoms with Crippen LogP contribution in [0.1, 0.15) is 26.2 Å². The van der Waals surface area contributed by atoms with Gasteiger partial charge in [-0.05, 0) is 43.5 Å². The zero-order valence-corrected chi connectivity index (χ0v) is 15.2. The fourth-order valence-corrected chi connectivity index (χ4v) is 2.78. The first kappa shape index (κ1) is 19.6. The second-order valence-electron chi connectivity index (χ2n) is 6.20. The monoisotopic (exact) mass is 362 g/mol. The van der Waals surface area contributed by atoms with E-state index < -0.39 is 6.09 Å². The molecule has 1 aromatic carbocycles. The van der Waals surface area contributed by atoms with Gasteiger partial charge in [0, 0.05) is 31.0 Å². The molecule has 4 amide bonds. The quantitative estimate of drug-likeness (QED) is 0.750. The Labute approximate surface area is 153 Å². The van der Waals surface area contributed by atoms with Crippen molar-refractivity contribution in [2.75, 3.05) is 37.4 Å². The van der Waals surface area contributed by atoms with Gasteiger partial charge in [0.2, 0.25) is 5.91 Å². The number of benzene rings is 1. The van der Waals surface area contributed by atoms with Crippen LogP contribution in [-0.2, 0) is 9.53 Å². The van der Waals surface area contributed by atoms with Crippen molar-refractivity contribution < 1.29 is 19.1 Å². The van der Waals surface area contributed by atoms with Crippen LogP contribution in [-0.4, -0.2) is 49.7 Å². The average molecular weight is 362 g/mol. The van der Waals surface area contributed by atoms with Gasteiger partial charge in [-0.3, -0.25) is 10.1 Å². The number of ether oxygens (including phenoxy) is 1. The highest BCUT2D eigenvalue weighted by Gasteiger charge is 2.28. The number of hydrogen-bond acceptors (Lipinski definition) is 4. The van der Waals surface area contributed by atoms with Crippen molar-refractivity contribution in [3.05, 3.63) is 24.3 Å². The standard InChI is InChI=1S/C18H26N4O4/c1-3-10-19-16(23)13-5-4-11-22(12-13)17(24)20-14-6-8-15(9-7-14)21-18(25)26-2/h6-9,13H,3-5,10-12H2,1-2H3,(H,19,23)(H,20,24)(H,21,25)/t13-/m1/s1. The molecule has 1 fully saturated rings. The molecule has 1 saturated heterocycles. The molecule has 1 aromatic rings. The highest BCUT2D eigenvalue weighted by Crippen LogP contribution is 2.19. The van der Waals surface area contributed by atoms with Crippen LogP contribution in [0.25, 0.3) is 0 Å². The van der Waals surface area contributed by atoms with E-state index in [0.717, 1.165) is 19.3 Å². The first-order valence-corrected chi connectivity index (χ1v) is 8.82. The minimum Gasteiger partial charge on any atom is -0.453 e. The lowest BCUT2D eigenvalue weighted by Crippen LogP contribution is -2.47. The zero-order chi connectivity index (χ0) is 18.9. The van der Waals surface area contributed by atoms with E-state index >= 15 is 0 Å². The first-order chi connectivity index (χ1) is 12.5. The van der Waals surface area contributed by atoms with Gasteiger partial charge in [-0.1, -0.05) is 6.92 Å². The molecule has 1 aliphatic rings. The van der Waals surface area contributed by atoms with Gasteiger partial charge in [0.25, 0.3) is 0 Å². The summed E-state index contributed by atoms with van der Waals surface area (Å²) in [6, 6.07) is 6.50. The summed E-state index contributed by atoms with van der Waals surface area (Å²) in [6.07, 6.45) is 1.94. The van der Waals surface area contributed by atoms with Crippen molar-refractivity contribution in [3.8, 4) is 0 Å². The maximum absolute atomic E-state index is 12.5. The van der Waals surface area contributed by atoms with Crippen molar-refractivity contribution in [1.82, 2.24) is 10.2 Å². The molecule has 0 bridgehead atoms. The van der Waals surface area contributed by atoms with Gasteiger partial charge in [-0.25, -0.2) is 9.59 Å². The first-order valence-electron chi connectivity index (χ1n) is 8.82. The third kappa shape index (κ3) is 5.65. The molecule has 2 rings (SSSR count). The zero-order valence-electron chi connectivity index (χ0n) is 15.2. The highest BCUT2D eigenvalue weighted by atomic mass is 16.5. The molecule has 26 heavy (non-hydrogen) atoms. The Kier molecular flexibility index (Phi) is 7.25. The van der Waals surface area contributed by atoms with Crippen molar-refractivity contribution in [2.24, 2.45) is 5.92 Å². The van der Waals surface area contributed by atoms with Crippen LogP contribution in [0.2, 0.25) is 0 Å². The number of carbonyl (C=O) groups excluding carboxylic acids is 3. The Morgan fingerprint density at radius 2 is 1.81 bits per heavy atom. The fraction of sp³-hybridized carbons (Fsp3) is 0.500. The third-order valence-corrected chi connectivity index (χ3v) is 4.20. The number of carbonyl (C=O) groups is 3. The maximum Gasteiger partial charge on any atom is 0.411 e. The van der Waals surface area contributed by atoms with Crippen molar-refractivity contribution in [1.29, 1.82) is 0 Å². The highest BCUT2D eigenvalue weighted by molar-refractivity contribution is 5.91. The lowest BCUT2D eigenvalue weighted by atomic mass is 9.97. The number of nitrogens with zero attached hydrogens (tertiary/aromatic N) is 1. The molecule has 142 valence electrons. The summed E-state index contributed by atoms with van der Waals surface area (Å²) in [7, 11) is 1.29. The second-order valence-corrected chi connectivity index (χ2v) is 6.20. The van der Waals surface area contributed by atoms with Gasteiger partial charge in [0.1, 0.15) is 0 Å². The molecular weight excluding hydrogens is 336 g/mol. The number of rotatable bonds is 5. The molecule has 0 radical (unpaired) electrons. The summed E-state index contributed by atoms with van der Waals surface area (Å²) in [5.41, 5.74) is 1.18. The Morgan fingerprint density at radius 1 is 1.15 bits per heavy atom. The smallest absolute Gasteiger partial charge is 0.411 e. The summed E-state index contributed by atoms with van der Waals surface area (Å²) >= 11 is 0. The molecule has 1 atom stereocenters. The number of nitrogens with one attached hydrogen (secondary N) is 3. The summed E-state index contributed by atoms with van der Waals surface area (Å²) < 4.78 is 4.52. The van der Waals surface area contributed by atoms with Crippen molar-refractivity contribution in [2.45, 2.75) is 26.2 Å². The molecule has 0 unspecified atom stereocenters. The van der Waals surface area contributed by atoms with Gasteiger partial charge in [0.05, 0.1) is 13.0 Å². The predicted molar refractivity (Wildman–Crippen MR) is 99.1 cm³/mol. The number of urea groups is 1. The van der Waals surface area contributed by atoms with Crippen LogP contribution in [0.15, 0.2) is 24.3 Å². The maximum atomic E-state index is 12.5. The minimum atomic E-state index is -0.553. The van der Waals surface area contributed by atoms with Gasteiger partial charge in [0.15, 0.2) is 0 Å². The summed E-state index contributed by atoms with van der Waals surface area (Å²) in [5.74, 6) is -0.143. The number of likely N-dealkylation sites (tertiary alicyclic amines) is 1. The van der Waals surface area contributed by atoms with E-state index in [1.807, 2.05) is 6.92 Å². The van der Waals surface area contributed by atoms with E-state index in [-0.39, 0.29) is 17.9 Å². The molecule has 8 heteroatoms. The summed E-state index contributed by atoms with van der Waals surface area (Å²) in [5, 5.41) is 8.26. The number of amides is 4. The topological polar surface area (TPSA) is 99.8 Å². The second kappa shape index (κ2) is 9.65. The van der Waals surface area contributed by atoms with Crippen molar-refractivity contribution in [3.63, 3.8) is 0 Å². The predicted octanol–water partition coefficient (Wildman–Crippen LogP) is 2.64. The van der Waals surface area contributed by atoms with Crippen LogP contribution in [0.3, 0.4) is 0 Å². The Balaban J connectivity index is 1.88. The van der Waals surface area contributed by atoms with E-state index in [0.29, 0.717) is 31.0 Å². The molecule has 0 spiro atoms. The van der Waals surface area contributed by atoms with E-state index in [1.54, 1.807) is 29.2 Å². The molecule has 0 saturated carbocycles. The normalized spacial score (nSPS) is 16.5. The fourth-order valence-electron chi connectivity index (χ4n) is 2.78. The van der Waals surface area contributed by atoms with E-state index in [9.17, 15) is 14.4 Å². The molecule has 0 aliphatic carbocycles. The SMILES string of the molecule is CCCNC(=O)[C@@H]1CCCN(C(=O)Nc2ccc(NC(=O)OC)cc2)C1. The molecular formula is C18H26N4O4. The largest absolute Gasteiger partial charge is 0.453 e. The third-order valence-electron chi connectivity index (χ3n) is 4.20. The van der Waals surface area contributed by atoms with Crippen LogP contribution in [0, 0.1) is 5.92 Å². The lowest BCUT2D eigenvalue weighted by Gasteiger charge is -2.32. The van der Waals surface area contributed by atoms with E-state index in [2.05, 4.69) is 20.7 Å². The summed E-state index contributed by atoms with van der Waals surface area (Å²) in [6.45, 7) is 3.72. The Morgan fingerprint density at radius 3 is 2.42 bits per heavy atom. The molecule has 8 nitrogen and oxygen atoms in total. The number of anilines is 2. The Hall–Kier alpha value is -2.77. The van der Waals surface area contributed by atoms with Gasteiger partial charge < -0.3 is 20.3 Å². The average Bonchev–Trinajstić information content (AvgIpc) is 2.67. The summed E-state index contributed by atoms with van der Waals surface area (Å²) in [4.78, 5) is 37.4. The van der Waals surface area contributed by atoms with Crippen LogP contribution in [0.5, 0.6) is 0 Å². The molecule has 1 heterocycles. The lowest BCUT2D eigenvalue weighted by molar-refractivity contribution is -0.126. The molecule has 1 aliphatic heterocycles. The minimum absolute atomic E-state index is 0.0163. The number of hydrogen-bond donors (Lipinski definition) is 3. The van der Waals surface area contributed by atoms with Crippen LogP contribution < -0.4 is 16.0 Å². The van der Waals surface area contributed by atoms with E-state index in [4.69, 9.17) is 0 Å². The van der Waals surface area contributed by atoms with E-state index in [1.165, 1.54) is 7.11 Å². The van der Waals surface area contributed by atoms with Crippen LogP contribution >= 0.6 is 0 Å². The van der Waals surface area contributed by atoms with Crippen molar-refractivity contribution >= 4 is 29.4 Å². The van der Waals surface area contributed by atoms with Crippen LogP contribution in [0.4, 0.5) is 21.0 Å². The number of methoxy groups -OCH3 is 1. The van der Waals surface area contributed by atoms with Gasteiger partial charge in [-0.2, -0.15) is 0 Å². The van der Waals surface area contributed by atoms with Gasteiger partial charge in [-0.15, -0.1) is 0 Å².